The number of benzene rings is 1. The number of nitrogens with zero attached hydrogens (tertiary/aromatic N) is 8. The van der Waals surface area contributed by atoms with E-state index in [2.05, 4.69) is 26.6 Å². The molecule has 10 bridgehead atoms. The molecule has 0 radical (unpaired) electrons. The Bertz CT molecular complexity index is 3750. The molecule has 8 heterocycles. The molecule has 3 atom stereocenters. The molecule has 84 heavy (non-hydrogen) atoms. The fourth-order valence-electron chi connectivity index (χ4n) is 9.65. The highest BCUT2D eigenvalue weighted by Crippen LogP contribution is 2.40. The average molecular weight is 1250 g/mol. The van der Waals surface area contributed by atoms with Gasteiger partial charge in [0.05, 0.1) is 48.3 Å². The standard InChI is InChI=1S/C56H57N13O9S6/c1-27(2)43-55-68-46(38(84-55)22-78-5)48(75)58-20-41(71)59-33(18-29-12-8-6-9-13-29)52-64-37(25-81-52)53-62-35(23-80-53)45-31(16-17-32(60-45)51-65-39(26-82-51)69(21-42(72)73)56(77)30-14-10-7-11-15-30)50-63-36(24-79-50)47(74)61-34(19-40(70)57-4)54-67-44(28(3)83-54)49(76)66-43/h6,8-9,12-13,16-17,23-27,30,33-34,43H,7,10-11,14-15,18-22H2,1-5H3,(H,57,70)(H,58,75)(H,59,71)(H,61,74)(H,66,76)(H,72,73)/t33-,34-,43?/m0/s1. The molecular weight excluding hydrogens is 1190 g/mol. The van der Waals surface area contributed by atoms with Crippen LogP contribution in [0, 0.1) is 18.8 Å². The SMILES string of the molecule is CNC(=O)C[C@@H]1NC(=O)c2csc(n2)-c2ccc(-c3nc(N(CC(=O)O)C(=O)C4CCCCC4)cs3)nc2-c2csc(n2)-c2csc(n2)[C@H](Cc2ccccc2)NC(=O)CNC(=O)c2nc(sc2COC)C(C(C)C)NC(=O)c2nc1sc2C. The summed E-state index contributed by atoms with van der Waals surface area (Å²) in [6, 6.07) is 10.8. The van der Waals surface area contributed by atoms with E-state index in [0.29, 0.717) is 87.4 Å². The minimum atomic E-state index is -1.17. The van der Waals surface area contributed by atoms with E-state index in [1.54, 1.807) is 29.8 Å². The van der Waals surface area contributed by atoms with Gasteiger partial charge in [-0.15, -0.1) is 68.0 Å². The minimum absolute atomic E-state index is 0.0306. The molecule has 1 aromatic carbocycles. The molecule has 1 fully saturated rings. The summed E-state index contributed by atoms with van der Waals surface area (Å²) >= 11 is 7.38. The predicted molar refractivity (Wildman–Crippen MR) is 322 cm³/mol. The van der Waals surface area contributed by atoms with Gasteiger partial charge in [0.25, 0.3) is 17.7 Å². The van der Waals surface area contributed by atoms with E-state index >= 15 is 0 Å². The largest absolute Gasteiger partial charge is 0.480 e. The number of carbonyl (C=O) groups excluding carboxylic acids is 6. The molecule has 10 rings (SSSR count). The van der Waals surface area contributed by atoms with Crippen LogP contribution in [0.3, 0.4) is 0 Å². The van der Waals surface area contributed by atoms with Crippen LogP contribution in [0.2, 0.25) is 0 Å². The number of aromatic nitrogens is 7. The summed E-state index contributed by atoms with van der Waals surface area (Å²) in [5.41, 5.74) is 3.31. The van der Waals surface area contributed by atoms with Crippen molar-refractivity contribution >= 4 is 115 Å². The van der Waals surface area contributed by atoms with Crippen LogP contribution < -0.4 is 31.5 Å². The molecule has 0 saturated heterocycles. The molecule has 22 nitrogen and oxygen atoms in total. The number of hydrogen-bond acceptors (Lipinski definition) is 21. The molecule has 1 aliphatic heterocycles. The maximum absolute atomic E-state index is 14.3. The minimum Gasteiger partial charge on any atom is -0.480 e. The van der Waals surface area contributed by atoms with Crippen molar-refractivity contribution in [3.05, 3.63) is 111 Å². The van der Waals surface area contributed by atoms with Crippen molar-refractivity contribution < 1.29 is 43.4 Å². The van der Waals surface area contributed by atoms with Crippen LogP contribution >= 0.6 is 68.0 Å². The van der Waals surface area contributed by atoms with Crippen LogP contribution in [0.5, 0.6) is 0 Å². The topological polar surface area (TPSA) is 303 Å². The number of carboxylic acid groups (broad SMARTS) is 1. The Balaban J connectivity index is 1.05. The number of carbonyl (C=O) groups is 7. The summed E-state index contributed by atoms with van der Waals surface area (Å²) in [5.74, 6) is -4.41. The van der Waals surface area contributed by atoms with Gasteiger partial charge in [0.15, 0.2) is 0 Å². The fraction of sp³-hybridized carbons (Fsp3) is 0.357. The number of ether oxygens (including phenoxy) is 1. The zero-order valence-electron chi connectivity index (χ0n) is 46.0. The zero-order chi connectivity index (χ0) is 59.2. The number of carboxylic acids is 1. The molecule has 7 aromatic heterocycles. The van der Waals surface area contributed by atoms with E-state index < -0.39 is 66.7 Å². The predicted octanol–water partition coefficient (Wildman–Crippen LogP) is 8.82. The van der Waals surface area contributed by atoms with Crippen molar-refractivity contribution in [3.63, 3.8) is 0 Å². The number of pyridine rings is 1. The lowest BCUT2D eigenvalue weighted by atomic mass is 9.88. The Morgan fingerprint density at radius 3 is 2.17 bits per heavy atom. The van der Waals surface area contributed by atoms with Gasteiger partial charge in [-0.05, 0) is 49.8 Å². The van der Waals surface area contributed by atoms with Crippen molar-refractivity contribution in [2.45, 2.75) is 90.4 Å². The number of fused-ring (bicyclic) bond motifs is 14. The third-order valence-corrected chi connectivity index (χ3v) is 19.6. The first kappa shape index (κ1) is 59.6. The van der Waals surface area contributed by atoms with E-state index in [4.69, 9.17) is 39.6 Å². The normalized spacial score (nSPS) is 17.2. The second kappa shape index (κ2) is 26.5. The van der Waals surface area contributed by atoms with Gasteiger partial charge in [0.1, 0.15) is 76.6 Å². The number of aryl methyl sites for hydroxylation is 1. The monoisotopic (exact) mass is 1250 g/mol. The second-order valence-corrected chi connectivity index (χ2v) is 26.0. The molecule has 8 aromatic rings. The Morgan fingerprint density at radius 1 is 0.702 bits per heavy atom. The Hall–Kier alpha value is -7.60. The van der Waals surface area contributed by atoms with Crippen molar-refractivity contribution in [2.24, 2.45) is 11.8 Å². The maximum atomic E-state index is 14.3. The third kappa shape index (κ3) is 13.6. The lowest BCUT2D eigenvalue weighted by molar-refractivity contribution is -0.137. The number of methoxy groups -OCH3 is 1. The highest BCUT2D eigenvalue weighted by molar-refractivity contribution is 7.15. The van der Waals surface area contributed by atoms with Gasteiger partial charge in [0, 0.05) is 52.0 Å². The molecule has 1 unspecified atom stereocenters. The molecule has 0 spiro atoms. The Morgan fingerprint density at radius 2 is 1.42 bits per heavy atom. The summed E-state index contributed by atoms with van der Waals surface area (Å²) in [7, 11) is 2.97. The fourth-order valence-corrected chi connectivity index (χ4v) is 15.2. The van der Waals surface area contributed by atoms with E-state index in [1.807, 2.05) is 54.9 Å². The molecule has 2 aliphatic rings. The first-order chi connectivity index (χ1) is 40.5. The van der Waals surface area contributed by atoms with Crippen LogP contribution in [-0.4, -0.2) is 109 Å². The van der Waals surface area contributed by atoms with E-state index in [1.165, 1.54) is 75.7 Å². The molecule has 6 N–H and O–H groups in total. The van der Waals surface area contributed by atoms with Crippen molar-refractivity contribution in [2.75, 3.05) is 32.1 Å². The number of amides is 6. The molecule has 28 heteroatoms. The first-order valence-electron chi connectivity index (χ1n) is 26.8. The summed E-state index contributed by atoms with van der Waals surface area (Å²) in [6.07, 6.45) is 4.31. The number of nitrogens with one attached hydrogen (secondary N) is 5. The lowest BCUT2D eigenvalue weighted by Gasteiger charge is -2.26. The van der Waals surface area contributed by atoms with Crippen molar-refractivity contribution in [1.29, 1.82) is 0 Å². The third-order valence-electron chi connectivity index (χ3n) is 13.9. The summed E-state index contributed by atoms with van der Waals surface area (Å²) < 4.78 is 5.47. The van der Waals surface area contributed by atoms with Crippen LogP contribution in [0.15, 0.2) is 64.0 Å². The number of thiazole rings is 6. The highest BCUT2D eigenvalue weighted by Gasteiger charge is 2.33. The Kier molecular flexibility index (Phi) is 18.8. The quantitative estimate of drug-likeness (QED) is 0.0665. The molecule has 1 saturated carbocycles. The number of rotatable bonds is 12. The maximum Gasteiger partial charge on any atom is 0.323 e. The van der Waals surface area contributed by atoms with Gasteiger partial charge < -0.3 is 36.4 Å². The second-order valence-electron chi connectivity index (χ2n) is 20.2. The average Bonchev–Trinajstić information content (AvgIpc) is 3.35. The van der Waals surface area contributed by atoms with Crippen molar-refractivity contribution in [3.8, 4) is 43.4 Å². The van der Waals surface area contributed by atoms with Gasteiger partial charge in [-0.3, -0.25) is 38.5 Å². The van der Waals surface area contributed by atoms with Crippen molar-refractivity contribution in [1.82, 2.24) is 61.5 Å². The number of hydrogen-bond donors (Lipinski definition) is 6. The summed E-state index contributed by atoms with van der Waals surface area (Å²) in [5, 5.41) is 33.9. The summed E-state index contributed by atoms with van der Waals surface area (Å²) in [6.45, 7) is 4.60. The van der Waals surface area contributed by atoms with Crippen LogP contribution in [0.25, 0.3) is 43.4 Å². The first-order valence-corrected chi connectivity index (χ1v) is 32.0. The Labute approximate surface area is 506 Å². The smallest absolute Gasteiger partial charge is 0.323 e. The number of anilines is 1. The molecule has 436 valence electrons. The number of aliphatic carboxylic acids is 1. The van der Waals surface area contributed by atoms with E-state index in [-0.39, 0.29) is 53.7 Å². The zero-order valence-corrected chi connectivity index (χ0v) is 50.9. The highest BCUT2D eigenvalue weighted by atomic mass is 32.1. The lowest BCUT2D eigenvalue weighted by Crippen LogP contribution is -2.40. The van der Waals surface area contributed by atoms with Gasteiger partial charge in [-0.25, -0.2) is 34.9 Å². The van der Waals surface area contributed by atoms with E-state index in [9.17, 15) is 38.7 Å². The van der Waals surface area contributed by atoms with E-state index in [0.717, 1.165) is 36.2 Å². The molecular formula is C56H57N13O9S6. The van der Waals surface area contributed by atoms with Gasteiger partial charge in [-0.2, -0.15) is 0 Å². The summed E-state index contributed by atoms with van der Waals surface area (Å²) in [4.78, 5) is 132. The molecule has 6 amide bonds. The van der Waals surface area contributed by atoms with Crippen LogP contribution in [0.1, 0.15) is 132 Å². The van der Waals surface area contributed by atoms with Gasteiger partial charge in [-0.1, -0.05) is 63.4 Å². The van der Waals surface area contributed by atoms with Gasteiger partial charge >= 0.3 is 5.97 Å². The molecule has 1 aliphatic carbocycles. The van der Waals surface area contributed by atoms with Crippen LogP contribution in [-0.2, 0) is 36.9 Å². The van der Waals surface area contributed by atoms with Gasteiger partial charge in [0.2, 0.25) is 17.7 Å². The van der Waals surface area contributed by atoms with Crippen LogP contribution in [0.4, 0.5) is 5.82 Å².